The highest BCUT2D eigenvalue weighted by molar-refractivity contribution is 6.19. The minimum Gasteiger partial charge on any atom is -0.465 e. The summed E-state index contributed by atoms with van der Waals surface area (Å²) < 4.78 is 7.23. The number of piperazine rings is 1. The lowest BCUT2D eigenvalue weighted by atomic mass is 10.0. The number of carbonyl (C=O) groups is 3. The third-order valence-corrected chi connectivity index (χ3v) is 5.90. The maximum absolute atomic E-state index is 13.4. The Balaban J connectivity index is 1.70. The third-order valence-electron chi connectivity index (χ3n) is 5.90. The fourth-order valence-electron chi connectivity index (χ4n) is 4.15. The van der Waals surface area contributed by atoms with Crippen molar-refractivity contribution in [2.75, 3.05) is 46.8 Å². The van der Waals surface area contributed by atoms with Gasteiger partial charge in [0.2, 0.25) is 0 Å². The summed E-state index contributed by atoms with van der Waals surface area (Å²) in [6.45, 7) is 6.28. The monoisotopic (exact) mass is 400 g/mol. The van der Waals surface area contributed by atoms with E-state index < -0.39 is 11.9 Å². The summed E-state index contributed by atoms with van der Waals surface area (Å²) in [6.07, 6.45) is 3.26. The van der Waals surface area contributed by atoms with Crippen molar-refractivity contribution in [2.24, 2.45) is 5.92 Å². The van der Waals surface area contributed by atoms with Crippen LogP contribution in [0.2, 0.25) is 0 Å². The first-order valence-electron chi connectivity index (χ1n) is 9.87. The maximum Gasteiger partial charge on any atom is 0.417 e. The molecule has 9 nitrogen and oxygen atoms in total. The first kappa shape index (κ1) is 19.4. The third kappa shape index (κ3) is 3.25. The van der Waals surface area contributed by atoms with Crippen LogP contribution in [-0.2, 0) is 16.1 Å². The van der Waals surface area contributed by atoms with Gasteiger partial charge in [0, 0.05) is 33.2 Å². The van der Waals surface area contributed by atoms with Crippen LogP contribution in [0, 0.1) is 5.92 Å². The quantitative estimate of drug-likeness (QED) is 0.684. The van der Waals surface area contributed by atoms with E-state index in [9.17, 15) is 14.4 Å². The van der Waals surface area contributed by atoms with Crippen molar-refractivity contribution >= 4 is 23.7 Å². The number of fused-ring (bicyclic) bond motifs is 1. The fourth-order valence-corrected chi connectivity index (χ4v) is 4.15. The number of hydrogen-bond donors (Lipinski definition) is 0. The number of amidine groups is 1. The van der Waals surface area contributed by atoms with Crippen molar-refractivity contribution in [3.63, 3.8) is 0 Å². The fraction of sp³-hybridized carbons (Fsp3) is 0.500. The summed E-state index contributed by atoms with van der Waals surface area (Å²) in [5.41, 5.74) is 0.426. The Bertz CT molecular complexity index is 896. The van der Waals surface area contributed by atoms with E-state index in [1.54, 1.807) is 30.0 Å². The van der Waals surface area contributed by atoms with Crippen molar-refractivity contribution in [3.8, 4) is 0 Å². The zero-order chi connectivity index (χ0) is 20.7. The Morgan fingerprint density at radius 2 is 1.90 bits per heavy atom. The number of carbonyl (C=O) groups excluding carboxylic acids is 3. The minimum absolute atomic E-state index is 0.120. The molecule has 9 heteroatoms. The van der Waals surface area contributed by atoms with Crippen molar-refractivity contribution in [1.82, 2.24) is 19.6 Å². The van der Waals surface area contributed by atoms with E-state index in [1.807, 2.05) is 11.0 Å². The summed E-state index contributed by atoms with van der Waals surface area (Å²) in [6, 6.07) is 3.18. The van der Waals surface area contributed by atoms with Crippen molar-refractivity contribution < 1.29 is 23.4 Å². The molecule has 0 aliphatic carbocycles. The molecule has 0 N–H and O–H groups in total. The molecule has 4 rings (SSSR count). The van der Waals surface area contributed by atoms with Crippen LogP contribution >= 0.6 is 0 Å². The topological polar surface area (TPSA) is 80.3 Å². The van der Waals surface area contributed by atoms with E-state index >= 15 is 0 Å². The molecule has 0 bridgehead atoms. The summed E-state index contributed by atoms with van der Waals surface area (Å²) in [5.74, 6) is 0.0510. The lowest BCUT2D eigenvalue weighted by Gasteiger charge is -2.34. The molecule has 0 radical (unpaired) electrons. The zero-order valence-electron chi connectivity index (χ0n) is 17.0. The predicted molar refractivity (Wildman–Crippen MR) is 104 cm³/mol. The molecule has 0 saturated carbocycles. The summed E-state index contributed by atoms with van der Waals surface area (Å²) >= 11 is 0. The Kier molecular flexibility index (Phi) is 4.99. The second-order valence-corrected chi connectivity index (χ2v) is 7.52. The van der Waals surface area contributed by atoms with E-state index in [1.165, 1.54) is 11.9 Å². The molecule has 3 aliphatic heterocycles. The van der Waals surface area contributed by atoms with Gasteiger partial charge in [-0.3, -0.25) is 9.59 Å². The molecule has 4 heterocycles. The largest absolute Gasteiger partial charge is 0.465 e. The van der Waals surface area contributed by atoms with Gasteiger partial charge in [0.25, 0.3) is 17.6 Å². The smallest absolute Gasteiger partial charge is 0.417 e. The van der Waals surface area contributed by atoms with Gasteiger partial charge in [-0.2, -0.15) is 4.90 Å². The van der Waals surface area contributed by atoms with Crippen LogP contribution in [0.4, 0.5) is 4.79 Å². The number of amides is 4. The minimum atomic E-state index is -0.659. The highest BCUT2D eigenvalue weighted by Gasteiger charge is 2.52. The molecular formula is C20H26N5O4+. The molecule has 154 valence electrons. The number of rotatable bonds is 4. The lowest BCUT2D eigenvalue weighted by Crippen LogP contribution is -2.57. The number of furan rings is 1. The molecule has 1 aromatic rings. The first-order valence-corrected chi connectivity index (χ1v) is 9.87. The van der Waals surface area contributed by atoms with Gasteiger partial charge in [-0.05, 0) is 24.8 Å². The molecule has 2 fully saturated rings. The average molecular weight is 400 g/mol. The summed E-state index contributed by atoms with van der Waals surface area (Å²) in [4.78, 5) is 45.3. The molecule has 1 aromatic heterocycles. The molecule has 1 unspecified atom stereocenters. The van der Waals surface area contributed by atoms with Gasteiger partial charge in [0.05, 0.1) is 13.3 Å². The molecule has 29 heavy (non-hydrogen) atoms. The summed E-state index contributed by atoms with van der Waals surface area (Å²) in [7, 11) is 3.09. The Morgan fingerprint density at radius 3 is 2.52 bits per heavy atom. The maximum atomic E-state index is 13.4. The molecule has 4 amide bonds. The van der Waals surface area contributed by atoms with Crippen LogP contribution in [0.25, 0.3) is 0 Å². The van der Waals surface area contributed by atoms with Crippen LogP contribution in [0.1, 0.15) is 12.7 Å². The van der Waals surface area contributed by atoms with Gasteiger partial charge in [0.1, 0.15) is 12.3 Å². The van der Waals surface area contributed by atoms with E-state index in [-0.39, 0.29) is 18.4 Å². The van der Waals surface area contributed by atoms with E-state index in [4.69, 9.17) is 4.42 Å². The second kappa shape index (κ2) is 7.47. The van der Waals surface area contributed by atoms with Gasteiger partial charge in [-0.15, -0.1) is 0 Å². The number of imide groups is 1. The average Bonchev–Trinajstić information content (AvgIpc) is 3.39. The molecule has 3 aliphatic rings. The van der Waals surface area contributed by atoms with E-state index in [0.717, 1.165) is 24.5 Å². The Hall–Kier alpha value is -2.94. The van der Waals surface area contributed by atoms with Crippen LogP contribution in [0.5, 0.6) is 0 Å². The van der Waals surface area contributed by atoms with Crippen molar-refractivity contribution in [2.45, 2.75) is 13.5 Å². The Morgan fingerprint density at radius 1 is 1.17 bits per heavy atom. The Labute approximate surface area is 169 Å². The second-order valence-electron chi connectivity index (χ2n) is 7.52. The van der Waals surface area contributed by atoms with Crippen LogP contribution in [0.15, 0.2) is 34.6 Å². The molecule has 1 atom stereocenters. The van der Waals surface area contributed by atoms with E-state index in [0.29, 0.717) is 30.4 Å². The SMILES string of the molecule is CCN1CCN(C(=O)C2=CC3C(=O)N(C)C(=O)N(C)C3=[N+]2Cc2ccco2)CC1. The highest BCUT2D eigenvalue weighted by atomic mass is 16.3. The molecule has 0 spiro atoms. The summed E-state index contributed by atoms with van der Waals surface area (Å²) in [5, 5.41) is 0. The predicted octanol–water partition coefficient (Wildman–Crippen LogP) is 0.392. The molecule has 0 aromatic carbocycles. The van der Waals surface area contributed by atoms with Gasteiger partial charge < -0.3 is 14.2 Å². The van der Waals surface area contributed by atoms with Crippen LogP contribution < -0.4 is 0 Å². The first-order chi connectivity index (χ1) is 13.9. The molecular weight excluding hydrogens is 374 g/mol. The van der Waals surface area contributed by atoms with Crippen molar-refractivity contribution in [1.29, 1.82) is 0 Å². The van der Waals surface area contributed by atoms with E-state index in [2.05, 4.69) is 11.8 Å². The normalized spacial score (nSPS) is 23.1. The van der Waals surface area contributed by atoms with Crippen LogP contribution in [0.3, 0.4) is 0 Å². The standard InChI is InChI=1S/C20H26N5O4/c1-4-23-7-9-24(10-8-23)19(27)16-12-15-17(21(2)20(28)22(3)18(15)26)25(16)13-14-6-5-11-29-14/h5-6,11-12,15H,4,7-10,13H2,1-3H3/q+1. The highest BCUT2D eigenvalue weighted by Crippen LogP contribution is 2.28. The number of likely N-dealkylation sites (N-methyl/N-ethyl adjacent to an activating group) is 1. The number of nitrogens with zero attached hydrogens (tertiary/aromatic N) is 5. The van der Waals surface area contributed by atoms with Crippen LogP contribution in [-0.4, -0.2) is 94.7 Å². The van der Waals surface area contributed by atoms with Crippen molar-refractivity contribution in [3.05, 3.63) is 35.9 Å². The number of urea groups is 1. The number of hydrogen-bond acceptors (Lipinski definition) is 5. The van der Waals surface area contributed by atoms with Gasteiger partial charge in [0.15, 0.2) is 11.6 Å². The van der Waals surface area contributed by atoms with Gasteiger partial charge >= 0.3 is 6.03 Å². The van der Waals surface area contributed by atoms with Gasteiger partial charge in [-0.25, -0.2) is 14.3 Å². The lowest BCUT2D eigenvalue weighted by molar-refractivity contribution is -0.493. The van der Waals surface area contributed by atoms with Gasteiger partial charge in [-0.1, -0.05) is 6.92 Å². The molecule has 2 saturated heterocycles. The zero-order valence-corrected chi connectivity index (χ0v) is 17.0.